The number of rotatable bonds is 3. The molecular weight excluding hydrogens is 403 g/mol. The minimum atomic E-state index is 0.0754. The lowest BCUT2D eigenvalue weighted by Crippen LogP contribution is -2.50. The van der Waals surface area contributed by atoms with E-state index in [1.807, 2.05) is 34.1 Å². The molecule has 1 saturated carbocycles. The Labute approximate surface area is 151 Å². The van der Waals surface area contributed by atoms with Crippen LogP contribution in [-0.4, -0.2) is 47.8 Å². The number of benzene rings is 1. The maximum Gasteiger partial charge on any atom is 0.254 e. The molecule has 3 rings (SSSR count). The first-order chi connectivity index (χ1) is 11.1. The quantitative estimate of drug-likeness (QED) is 0.697. The molecule has 5 heteroatoms. The van der Waals surface area contributed by atoms with Gasteiger partial charge in [0, 0.05) is 41.7 Å². The monoisotopic (exact) mass is 426 g/mol. The van der Waals surface area contributed by atoms with Gasteiger partial charge in [-0.3, -0.25) is 9.59 Å². The first-order valence-electron chi connectivity index (χ1n) is 8.46. The van der Waals surface area contributed by atoms with Crippen LogP contribution in [0.25, 0.3) is 0 Å². The van der Waals surface area contributed by atoms with E-state index in [1.165, 1.54) is 25.7 Å². The highest BCUT2D eigenvalue weighted by Crippen LogP contribution is 2.28. The molecule has 2 fully saturated rings. The molecule has 1 saturated heterocycles. The second-order valence-corrected chi connectivity index (χ2v) is 7.78. The molecule has 2 amide bonds. The summed E-state index contributed by atoms with van der Waals surface area (Å²) < 4.78 is 1.07. The molecule has 1 aliphatic heterocycles. The summed E-state index contributed by atoms with van der Waals surface area (Å²) in [6.07, 6.45) is 5.66. The Hall–Kier alpha value is -1.11. The van der Waals surface area contributed by atoms with Crippen molar-refractivity contribution in [2.24, 2.45) is 5.92 Å². The maximum absolute atomic E-state index is 12.5. The number of carbonyl (C=O) groups excluding carboxylic acids is 2. The third kappa shape index (κ3) is 4.25. The topological polar surface area (TPSA) is 40.6 Å². The van der Waals surface area contributed by atoms with Gasteiger partial charge in [0.15, 0.2) is 0 Å². The Morgan fingerprint density at radius 3 is 2.35 bits per heavy atom. The van der Waals surface area contributed by atoms with Gasteiger partial charge in [-0.2, -0.15) is 0 Å². The predicted molar refractivity (Wildman–Crippen MR) is 98.2 cm³/mol. The van der Waals surface area contributed by atoms with Gasteiger partial charge in [-0.15, -0.1) is 0 Å². The minimum Gasteiger partial charge on any atom is -0.339 e. The van der Waals surface area contributed by atoms with Crippen molar-refractivity contribution in [1.82, 2.24) is 9.80 Å². The molecule has 4 nitrogen and oxygen atoms in total. The summed E-state index contributed by atoms with van der Waals surface area (Å²) in [6.45, 7) is 2.61. The van der Waals surface area contributed by atoms with E-state index in [9.17, 15) is 9.59 Å². The molecule has 0 aromatic heterocycles. The van der Waals surface area contributed by atoms with E-state index >= 15 is 0 Å². The van der Waals surface area contributed by atoms with Gasteiger partial charge in [-0.25, -0.2) is 0 Å². The Bertz CT molecular complexity index is 576. The number of hydrogen-bond acceptors (Lipinski definition) is 2. The standard InChI is InChI=1S/C18H23IN2O2/c19-16-7-3-6-15(13-16)18(23)21-10-8-20(9-11-21)17(22)12-14-4-1-2-5-14/h3,6-7,13-14H,1-2,4-5,8-12H2. The fourth-order valence-corrected chi connectivity index (χ4v) is 4.10. The van der Waals surface area contributed by atoms with Crippen LogP contribution in [0.2, 0.25) is 0 Å². The van der Waals surface area contributed by atoms with Crippen molar-refractivity contribution in [1.29, 1.82) is 0 Å². The number of nitrogens with zero attached hydrogens (tertiary/aromatic N) is 2. The van der Waals surface area contributed by atoms with Gasteiger partial charge in [0.25, 0.3) is 5.91 Å². The molecule has 1 aliphatic carbocycles. The summed E-state index contributed by atoms with van der Waals surface area (Å²) in [5.41, 5.74) is 0.739. The molecule has 0 spiro atoms. The summed E-state index contributed by atoms with van der Waals surface area (Å²) in [5.74, 6) is 0.943. The Morgan fingerprint density at radius 2 is 1.70 bits per heavy atom. The fourth-order valence-electron chi connectivity index (χ4n) is 3.55. The molecule has 1 aromatic rings. The van der Waals surface area contributed by atoms with E-state index in [0.717, 1.165) is 9.13 Å². The highest BCUT2D eigenvalue weighted by molar-refractivity contribution is 14.1. The van der Waals surface area contributed by atoms with Gasteiger partial charge in [0.05, 0.1) is 0 Å². The molecule has 23 heavy (non-hydrogen) atoms. The zero-order chi connectivity index (χ0) is 16.2. The largest absolute Gasteiger partial charge is 0.339 e. The lowest BCUT2D eigenvalue weighted by Gasteiger charge is -2.35. The van der Waals surface area contributed by atoms with Crippen LogP contribution in [0.1, 0.15) is 42.5 Å². The van der Waals surface area contributed by atoms with Crippen LogP contribution in [0.15, 0.2) is 24.3 Å². The van der Waals surface area contributed by atoms with E-state index in [2.05, 4.69) is 22.6 Å². The second kappa shape index (κ2) is 7.64. The smallest absolute Gasteiger partial charge is 0.254 e. The van der Waals surface area contributed by atoms with Gasteiger partial charge in [-0.05, 0) is 59.5 Å². The van der Waals surface area contributed by atoms with Crippen LogP contribution in [0.3, 0.4) is 0 Å². The van der Waals surface area contributed by atoms with Crippen LogP contribution in [0, 0.1) is 9.49 Å². The Morgan fingerprint density at radius 1 is 1.04 bits per heavy atom. The van der Waals surface area contributed by atoms with Gasteiger partial charge in [0.2, 0.25) is 5.91 Å². The SMILES string of the molecule is O=C(CC1CCCC1)N1CCN(C(=O)c2cccc(I)c2)CC1. The van der Waals surface area contributed by atoms with E-state index in [4.69, 9.17) is 0 Å². The fraction of sp³-hybridized carbons (Fsp3) is 0.556. The molecule has 0 unspecified atom stereocenters. The summed E-state index contributed by atoms with van der Waals surface area (Å²) >= 11 is 2.22. The van der Waals surface area contributed by atoms with Crippen LogP contribution < -0.4 is 0 Å². The van der Waals surface area contributed by atoms with Crippen molar-refractivity contribution in [3.63, 3.8) is 0 Å². The molecule has 0 N–H and O–H groups in total. The van der Waals surface area contributed by atoms with Crippen LogP contribution >= 0.6 is 22.6 Å². The average Bonchev–Trinajstić information content (AvgIpc) is 3.07. The third-order valence-corrected chi connectivity index (χ3v) is 5.60. The second-order valence-electron chi connectivity index (χ2n) is 6.54. The van der Waals surface area contributed by atoms with Crippen molar-refractivity contribution >= 4 is 34.4 Å². The first kappa shape index (κ1) is 16.7. The highest BCUT2D eigenvalue weighted by Gasteiger charge is 2.27. The van der Waals surface area contributed by atoms with E-state index in [1.54, 1.807) is 0 Å². The Balaban J connectivity index is 1.51. The molecule has 124 valence electrons. The van der Waals surface area contributed by atoms with Crippen LogP contribution in [0.4, 0.5) is 0 Å². The van der Waals surface area contributed by atoms with Crippen molar-refractivity contribution in [2.75, 3.05) is 26.2 Å². The molecule has 0 bridgehead atoms. The molecule has 0 radical (unpaired) electrons. The summed E-state index contributed by atoms with van der Waals surface area (Å²) in [5, 5.41) is 0. The number of hydrogen-bond donors (Lipinski definition) is 0. The zero-order valence-corrected chi connectivity index (χ0v) is 15.5. The average molecular weight is 426 g/mol. The van der Waals surface area contributed by atoms with Crippen molar-refractivity contribution < 1.29 is 9.59 Å². The van der Waals surface area contributed by atoms with Gasteiger partial charge < -0.3 is 9.80 Å². The number of carbonyl (C=O) groups is 2. The van der Waals surface area contributed by atoms with Gasteiger partial charge in [0.1, 0.15) is 0 Å². The lowest BCUT2D eigenvalue weighted by molar-refractivity contribution is -0.133. The first-order valence-corrected chi connectivity index (χ1v) is 9.54. The van der Waals surface area contributed by atoms with Gasteiger partial charge in [-0.1, -0.05) is 18.9 Å². The normalized spacial score (nSPS) is 19.2. The van der Waals surface area contributed by atoms with Crippen LogP contribution in [-0.2, 0) is 4.79 Å². The van der Waals surface area contributed by atoms with Crippen molar-refractivity contribution in [3.05, 3.63) is 33.4 Å². The summed E-state index contributed by atoms with van der Waals surface area (Å²) in [6, 6.07) is 7.68. The van der Waals surface area contributed by atoms with Crippen molar-refractivity contribution in [3.8, 4) is 0 Å². The number of piperazine rings is 1. The maximum atomic E-state index is 12.5. The molecule has 1 aromatic carbocycles. The molecule has 2 aliphatic rings. The lowest BCUT2D eigenvalue weighted by atomic mass is 10.0. The number of amides is 2. The predicted octanol–water partition coefficient (Wildman–Crippen LogP) is 3.16. The Kier molecular flexibility index (Phi) is 5.56. The highest BCUT2D eigenvalue weighted by atomic mass is 127. The summed E-state index contributed by atoms with van der Waals surface area (Å²) in [4.78, 5) is 28.7. The van der Waals surface area contributed by atoms with Gasteiger partial charge >= 0.3 is 0 Å². The van der Waals surface area contributed by atoms with E-state index < -0.39 is 0 Å². The molecular formula is C18H23IN2O2. The molecule has 1 heterocycles. The van der Waals surface area contributed by atoms with E-state index in [-0.39, 0.29) is 11.8 Å². The minimum absolute atomic E-state index is 0.0754. The van der Waals surface area contributed by atoms with Crippen LogP contribution in [0.5, 0.6) is 0 Å². The molecule has 0 atom stereocenters. The number of halogens is 1. The van der Waals surface area contributed by atoms with Crippen molar-refractivity contribution in [2.45, 2.75) is 32.1 Å². The third-order valence-electron chi connectivity index (χ3n) is 4.93. The van der Waals surface area contributed by atoms with E-state index in [0.29, 0.717) is 38.5 Å². The summed E-state index contributed by atoms with van der Waals surface area (Å²) in [7, 11) is 0. The zero-order valence-electron chi connectivity index (χ0n) is 13.3.